The van der Waals surface area contributed by atoms with Gasteiger partial charge in [-0.2, -0.15) is 0 Å². The van der Waals surface area contributed by atoms with Gasteiger partial charge in [0.25, 0.3) is 0 Å². The third-order valence-corrected chi connectivity index (χ3v) is 4.57. The molecule has 2 aliphatic rings. The molecule has 3 heteroatoms. The van der Waals surface area contributed by atoms with Crippen LogP contribution in [0.5, 0.6) is 0 Å². The minimum Gasteiger partial charge on any atom is -0.339 e. The van der Waals surface area contributed by atoms with Gasteiger partial charge in [0.05, 0.1) is 0 Å². The highest BCUT2D eigenvalue weighted by atomic mass is 16.2. The number of hydrogen-bond acceptors (Lipinski definition) is 2. The van der Waals surface area contributed by atoms with Crippen molar-refractivity contribution in [3.8, 4) is 0 Å². The molecule has 0 aromatic heterocycles. The van der Waals surface area contributed by atoms with E-state index >= 15 is 0 Å². The summed E-state index contributed by atoms with van der Waals surface area (Å²) in [7, 11) is 0. The molecule has 0 aliphatic carbocycles. The van der Waals surface area contributed by atoms with Gasteiger partial charge in [0, 0.05) is 19.5 Å². The van der Waals surface area contributed by atoms with E-state index in [1.807, 2.05) is 11.0 Å². The Balaban J connectivity index is 1.55. The number of amides is 1. The van der Waals surface area contributed by atoms with E-state index in [1.165, 1.54) is 24.0 Å². The molecule has 0 bridgehead atoms. The van der Waals surface area contributed by atoms with Gasteiger partial charge in [0.15, 0.2) is 0 Å². The van der Waals surface area contributed by atoms with Gasteiger partial charge in [-0.1, -0.05) is 36.4 Å². The van der Waals surface area contributed by atoms with Gasteiger partial charge >= 0.3 is 0 Å². The van der Waals surface area contributed by atoms with Crippen LogP contribution >= 0.6 is 0 Å². The molecule has 1 aromatic carbocycles. The van der Waals surface area contributed by atoms with Crippen LogP contribution in [0.2, 0.25) is 0 Å². The quantitative estimate of drug-likeness (QED) is 0.925. The Morgan fingerprint density at radius 2 is 2.14 bits per heavy atom. The smallest absolute Gasteiger partial charge is 0.223 e. The van der Waals surface area contributed by atoms with E-state index in [0.29, 0.717) is 18.2 Å². The number of hydrogen-bond donors (Lipinski definition) is 1. The monoisotopic (exact) mass is 284 g/mol. The van der Waals surface area contributed by atoms with Crippen LogP contribution in [0.3, 0.4) is 0 Å². The van der Waals surface area contributed by atoms with E-state index in [0.717, 1.165) is 32.6 Å². The first-order valence-corrected chi connectivity index (χ1v) is 8.06. The molecule has 1 atom stereocenters. The molecule has 1 amide bonds. The summed E-state index contributed by atoms with van der Waals surface area (Å²) in [5.41, 5.74) is 2.67. The normalized spacial score (nSPS) is 22.8. The van der Waals surface area contributed by atoms with Crippen molar-refractivity contribution in [3.63, 3.8) is 0 Å². The fourth-order valence-electron chi connectivity index (χ4n) is 3.28. The summed E-state index contributed by atoms with van der Waals surface area (Å²) in [6, 6.07) is 10.5. The molecule has 0 radical (unpaired) electrons. The van der Waals surface area contributed by atoms with Gasteiger partial charge in [-0.05, 0) is 49.4 Å². The maximum absolute atomic E-state index is 12.4. The van der Waals surface area contributed by atoms with Crippen molar-refractivity contribution in [3.05, 3.63) is 42.0 Å². The SMILES string of the molecule is O=C(CC1CCCNC1)N1CC=C(c2ccccc2)CC1. The molecule has 1 unspecified atom stereocenters. The van der Waals surface area contributed by atoms with Crippen LogP contribution in [0.15, 0.2) is 36.4 Å². The Morgan fingerprint density at radius 3 is 2.81 bits per heavy atom. The van der Waals surface area contributed by atoms with Crippen molar-refractivity contribution < 1.29 is 4.79 Å². The maximum Gasteiger partial charge on any atom is 0.223 e. The van der Waals surface area contributed by atoms with Gasteiger partial charge in [0.1, 0.15) is 0 Å². The van der Waals surface area contributed by atoms with Gasteiger partial charge < -0.3 is 10.2 Å². The number of carbonyl (C=O) groups excluding carboxylic acids is 1. The highest BCUT2D eigenvalue weighted by Gasteiger charge is 2.22. The molecule has 112 valence electrons. The molecule has 1 aromatic rings. The molecule has 2 heterocycles. The number of piperidine rings is 1. The molecule has 1 N–H and O–H groups in total. The Hall–Kier alpha value is -1.61. The van der Waals surface area contributed by atoms with E-state index in [2.05, 4.69) is 35.7 Å². The molecular weight excluding hydrogens is 260 g/mol. The average Bonchev–Trinajstić information content (AvgIpc) is 2.57. The molecular formula is C18H24N2O. The number of carbonyl (C=O) groups is 1. The molecule has 3 nitrogen and oxygen atoms in total. The zero-order valence-corrected chi connectivity index (χ0v) is 12.6. The minimum absolute atomic E-state index is 0.326. The lowest BCUT2D eigenvalue weighted by Crippen LogP contribution is -2.38. The summed E-state index contributed by atoms with van der Waals surface area (Å²) >= 11 is 0. The largest absolute Gasteiger partial charge is 0.339 e. The molecule has 0 spiro atoms. The highest BCUT2D eigenvalue weighted by molar-refractivity contribution is 5.78. The Kier molecular flexibility index (Phi) is 4.71. The first-order valence-electron chi connectivity index (χ1n) is 8.06. The van der Waals surface area contributed by atoms with E-state index in [-0.39, 0.29) is 0 Å². The molecule has 1 saturated heterocycles. The van der Waals surface area contributed by atoms with Crippen LogP contribution in [0.1, 0.15) is 31.2 Å². The van der Waals surface area contributed by atoms with Crippen LogP contribution in [0, 0.1) is 5.92 Å². The number of rotatable bonds is 3. The van der Waals surface area contributed by atoms with Gasteiger partial charge in [0.2, 0.25) is 5.91 Å². The first kappa shape index (κ1) is 14.3. The van der Waals surface area contributed by atoms with E-state index in [9.17, 15) is 4.79 Å². The third kappa shape index (κ3) is 3.73. The maximum atomic E-state index is 12.4. The van der Waals surface area contributed by atoms with Gasteiger partial charge in [-0.15, -0.1) is 0 Å². The summed E-state index contributed by atoms with van der Waals surface area (Å²) in [5, 5.41) is 3.39. The fourth-order valence-corrected chi connectivity index (χ4v) is 3.28. The standard InChI is InChI=1S/C18H24N2O/c21-18(13-15-5-4-10-19-14-15)20-11-8-17(9-12-20)16-6-2-1-3-7-16/h1-3,6-8,15,19H,4-5,9-14H2. The molecule has 0 saturated carbocycles. The number of nitrogens with one attached hydrogen (secondary N) is 1. The lowest BCUT2D eigenvalue weighted by Gasteiger charge is -2.29. The zero-order valence-electron chi connectivity index (χ0n) is 12.6. The van der Waals surface area contributed by atoms with E-state index in [4.69, 9.17) is 0 Å². The number of benzene rings is 1. The molecule has 2 aliphatic heterocycles. The lowest BCUT2D eigenvalue weighted by molar-refractivity contribution is -0.131. The van der Waals surface area contributed by atoms with Crippen LogP contribution in [0.25, 0.3) is 5.57 Å². The fraction of sp³-hybridized carbons (Fsp3) is 0.500. The number of nitrogens with zero attached hydrogens (tertiary/aromatic N) is 1. The second kappa shape index (κ2) is 6.90. The second-order valence-electron chi connectivity index (χ2n) is 6.10. The van der Waals surface area contributed by atoms with Crippen molar-refractivity contribution in [2.24, 2.45) is 5.92 Å². The second-order valence-corrected chi connectivity index (χ2v) is 6.10. The Morgan fingerprint density at radius 1 is 1.29 bits per heavy atom. The lowest BCUT2D eigenvalue weighted by atomic mass is 9.94. The van der Waals surface area contributed by atoms with Crippen molar-refractivity contribution in [2.75, 3.05) is 26.2 Å². The van der Waals surface area contributed by atoms with Crippen LogP contribution in [0.4, 0.5) is 0 Å². The summed E-state index contributed by atoms with van der Waals surface area (Å²) in [4.78, 5) is 14.4. The molecule has 1 fully saturated rings. The van der Waals surface area contributed by atoms with Crippen LogP contribution in [-0.4, -0.2) is 37.0 Å². The summed E-state index contributed by atoms with van der Waals surface area (Å²) in [6.45, 7) is 3.74. The van der Waals surface area contributed by atoms with Crippen LogP contribution < -0.4 is 5.32 Å². The van der Waals surface area contributed by atoms with Gasteiger partial charge in [-0.3, -0.25) is 4.79 Å². The molecule has 21 heavy (non-hydrogen) atoms. The van der Waals surface area contributed by atoms with Gasteiger partial charge in [-0.25, -0.2) is 0 Å². The summed E-state index contributed by atoms with van der Waals surface area (Å²) in [5.74, 6) is 0.859. The van der Waals surface area contributed by atoms with Crippen molar-refractivity contribution >= 4 is 11.5 Å². The van der Waals surface area contributed by atoms with Crippen LogP contribution in [-0.2, 0) is 4.79 Å². The predicted octanol–water partition coefficient (Wildman–Crippen LogP) is 2.69. The van der Waals surface area contributed by atoms with Crippen molar-refractivity contribution in [1.82, 2.24) is 10.2 Å². The van der Waals surface area contributed by atoms with Crippen molar-refractivity contribution in [2.45, 2.75) is 25.7 Å². The van der Waals surface area contributed by atoms with Crippen molar-refractivity contribution in [1.29, 1.82) is 0 Å². The third-order valence-electron chi connectivity index (χ3n) is 4.57. The Labute approximate surface area is 127 Å². The minimum atomic E-state index is 0.326. The topological polar surface area (TPSA) is 32.3 Å². The molecule has 3 rings (SSSR count). The zero-order chi connectivity index (χ0) is 14.5. The van der Waals surface area contributed by atoms with E-state index in [1.54, 1.807) is 0 Å². The Bertz CT molecular complexity index is 503. The summed E-state index contributed by atoms with van der Waals surface area (Å²) < 4.78 is 0. The predicted molar refractivity (Wildman–Crippen MR) is 85.8 cm³/mol. The first-order chi connectivity index (χ1) is 10.3. The van der Waals surface area contributed by atoms with E-state index < -0.39 is 0 Å². The highest BCUT2D eigenvalue weighted by Crippen LogP contribution is 2.23. The summed E-state index contributed by atoms with van der Waals surface area (Å²) in [6.07, 6.45) is 6.30. The average molecular weight is 284 g/mol.